The van der Waals surface area contributed by atoms with Gasteiger partial charge in [-0.2, -0.15) is 9.49 Å². The molecule has 0 spiro atoms. The molecule has 0 saturated heterocycles. The first-order valence-corrected chi connectivity index (χ1v) is 9.30. The van der Waals surface area contributed by atoms with Crippen LogP contribution in [0, 0.1) is 19.9 Å². The van der Waals surface area contributed by atoms with E-state index in [0.717, 1.165) is 34.0 Å². The van der Waals surface area contributed by atoms with Crippen LogP contribution in [0.5, 0.6) is 0 Å². The van der Waals surface area contributed by atoms with E-state index < -0.39 is 11.5 Å². The van der Waals surface area contributed by atoms with Crippen molar-refractivity contribution in [3.05, 3.63) is 83.8 Å². The second kappa shape index (κ2) is 7.16. The topological polar surface area (TPSA) is 69.4 Å². The minimum Gasteiger partial charge on any atom is -0.258 e. The zero-order chi connectivity index (χ0) is 20.6. The third-order valence-electron chi connectivity index (χ3n) is 4.87. The van der Waals surface area contributed by atoms with Crippen molar-refractivity contribution in [2.24, 2.45) is 0 Å². The number of halogens is 1. The van der Waals surface area contributed by atoms with E-state index in [1.165, 1.54) is 12.4 Å². The van der Waals surface area contributed by atoms with Crippen molar-refractivity contribution in [1.29, 1.82) is 0 Å². The van der Waals surface area contributed by atoms with Crippen molar-refractivity contribution in [1.82, 2.24) is 29.7 Å². The molecule has 0 aliphatic rings. The third-order valence-corrected chi connectivity index (χ3v) is 4.87. The molecule has 0 amide bonds. The average Bonchev–Trinajstić information content (AvgIpc) is 3.19. The van der Waals surface area contributed by atoms with Gasteiger partial charge in [-0.25, -0.2) is 14.6 Å². The monoisotopic (exact) mass is 388 g/mol. The fraction of sp³-hybridized carbons (Fsp3) is 0.227. The normalized spacial score (nSPS) is 11.6. The van der Waals surface area contributed by atoms with E-state index in [2.05, 4.69) is 33.9 Å². The van der Waals surface area contributed by atoms with Gasteiger partial charge in [0, 0.05) is 23.1 Å². The Morgan fingerprint density at radius 1 is 0.897 bits per heavy atom. The first-order valence-electron chi connectivity index (χ1n) is 9.30. The molecule has 0 atom stereocenters. The standard InChI is InChI=1S/C22H21FN6/c1-14-10-16(11-15(2)26-14)18-6-5-7-19(27-18)22(3,4)20-8-9-29(28-20)17-12-24-21(23)25-13-17/h5-13H,1-4H3. The van der Waals surface area contributed by atoms with Crippen molar-refractivity contribution in [2.75, 3.05) is 0 Å². The summed E-state index contributed by atoms with van der Waals surface area (Å²) < 4.78 is 14.6. The van der Waals surface area contributed by atoms with Crippen molar-refractivity contribution >= 4 is 0 Å². The van der Waals surface area contributed by atoms with Crippen LogP contribution in [0.2, 0.25) is 0 Å². The Hall–Kier alpha value is -3.48. The molecule has 0 aliphatic heterocycles. The lowest BCUT2D eigenvalue weighted by Crippen LogP contribution is -2.22. The van der Waals surface area contributed by atoms with Gasteiger partial charge in [-0.15, -0.1) is 0 Å². The minimum absolute atomic E-state index is 0.431. The number of nitrogens with zero attached hydrogens (tertiary/aromatic N) is 6. The maximum Gasteiger partial charge on any atom is 0.308 e. The summed E-state index contributed by atoms with van der Waals surface area (Å²) >= 11 is 0. The van der Waals surface area contributed by atoms with Crippen LogP contribution in [0.25, 0.3) is 16.9 Å². The highest BCUT2D eigenvalue weighted by Gasteiger charge is 2.28. The lowest BCUT2D eigenvalue weighted by molar-refractivity contribution is 0.536. The van der Waals surface area contributed by atoms with Crippen molar-refractivity contribution in [2.45, 2.75) is 33.1 Å². The van der Waals surface area contributed by atoms with E-state index in [-0.39, 0.29) is 0 Å². The Morgan fingerprint density at radius 3 is 2.28 bits per heavy atom. The van der Waals surface area contributed by atoms with Crippen LogP contribution in [0.3, 0.4) is 0 Å². The summed E-state index contributed by atoms with van der Waals surface area (Å²) in [7, 11) is 0. The molecule has 4 rings (SSSR count). The first kappa shape index (κ1) is 18.9. The number of aryl methyl sites for hydroxylation is 2. The molecule has 4 heterocycles. The zero-order valence-electron chi connectivity index (χ0n) is 16.8. The molecule has 4 aromatic heterocycles. The highest BCUT2D eigenvalue weighted by molar-refractivity contribution is 5.60. The molecule has 0 aliphatic carbocycles. The maximum absolute atomic E-state index is 13.0. The number of aromatic nitrogens is 6. The van der Waals surface area contributed by atoms with Gasteiger partial charge in [0.1, 0.15) is 5.69 Å². The fourth-order valence-corrected chi connectivity index (χ4v) is 3.28. The Morgan fingerprint density at radius 2 is 1.59 bits per heavy atom. The Labute approximate surface area is 168 Å². The van der Waals surface area contributed by atoms with Gasteiger partial charge in [-0.3, -0.25) is 9.97 Å². The highest BCUT2D eigenvalue weighted by atomic mass is 19.1. The number of hydrogen-bond acceptors (Lipinski definition) is 5. The summed E-state index contributed by atoms with van der Waals surface area (Å²) in [6, 6.07) is 12.0. The minimum atomic E-state index is -0.760. The summed E-state index contributed by atoms with van der Waals surface area (Å²) in [5.41, 5.74) is 5.78. The smallest absolute Gasteiger partial charge is 0.258 e. The molecule has 0 unspecified atom stereocenters. The largest absolute Gasteiger partial charge is 0.308 e. The Balaban J connectivity index is 1.70. The molecule has 0 aromatic carbocycles. The Kier molecular flexibility index (Phi) is 4.66. The quantitative estimate of drug-likeness (QED) is 0.490. The van der Waals surface area contributed by atoms with E-state index in [9.17, 15) is 4.39 Å². The molecule has 0 bridgehead atoms. The van der Waals surface area contributed by atoms with E-state index in [1.54, 1.807) is 4.68 Å². The molecule has 0 saturated carbocycles. The summed E-state index contributed by atoms with van der Waals surface area (Å²) in [5.74, 6) is 0. The van der Waals surface area contributed by atoms with Crippen LogP contribution in [-0.4, -0.2) is 29.7 Å². The second-order valence-corrected chi connectivity index (χ2v) is 7.53. The summed E-state index contributed by atoms with van der Waals surface area (Å²) in [6.45, 7) is 8.12. The van der Waals surface area contributed by atoms with E-state index in [0.29, 0.717) is 5.69 Å². The van der Waals surface area contributed by atoms with Crippen LogP contribution in [-0.2, 0) is 5.41 Å². The lowest BCUT2D eigenvalue weighted by Gasteiger charge is -2.22. The van der Waals surface area contributed by atoms with Gasteiger partial charge in [0.2, 0.25) is 0 Å². The molecule has 4 aromatic rings. The fourth-order valence-electron chi connectivity index (χ4n) is 3.28. The van der Waals surface area contributed by atoms with Crippen molar-refractivity contribution in [3.8, 4) is 16.9 Å². The van der Waals surface area contributed by atoms with Crippen molar-refractivity contribution in [3.63, 3.8) is 0 Å². The predicted octanol–water partition coefficient (Wildman–Crippen LogP) is 4.20. The number of hydrogen-bond donors (Lipinski definition) is 0. The highest BCUT2D eigenvalue weighted by Crippen LogP contribution is 2.31. The molecule has 7 heteroatoms. The van der Waals surface area contributed by atoms with Gasteiger partial charge in [-0.05, 0) is 58.0 Å². The molecule has 0 radical (unpaired) electrons. The van der Waals surface area contributed by atoms with Gasteiger partial charge in [0.05, 0.1) is 34.9 Å². The van der Waals surface area contributed by atoms with Crippen molar-refractivity contribution < 1.29 is 4.39 Å². The molecule has 0 fully saturated rings. The maximum atomic E-state index is 13.0. The van der Waals surface area contributed by atoms with E-state index in [4.69, 9.17) is 4.98 Å². The summed E-state index contributed by atoms with van der Waals surface area (Å²) in [5, 5.41) is 4.65. The molecule has 29 heavy (non-hydrogen) atoms. The second-order valence-electron chi connectivity index (χ2n) is 7.53. The third kappa shape index (κ3) is 3.76. The number of rotatable bonds is 4. The summed E-state index contributed by atoms with van der Waals surface area (Å²) in [4.78, 5) is 16.5. The number of pyridine rings is 2. The van der Waals surface area contributed by atoms with E-state index >= 15 is 0 Å². The van der Waals surface area contributed by atoms with Crippen LogP contribution in [0.4, 0.5) is 4.39 Å². The van der Waals surface area contributed by atoms with Gasteiger partial charge in [0.25, 0.3) is 0 Å². The van der Waals surface area contributed by atoms with Gasteiger partial charge >= 0.3 is 6.08 Å². The SMILES string of the molecule is Cc1cc(-c2cccc(C(C)(C)c3ccn(-c4cnc(F)nc4)n3)n2)cc(C)n1. The van der Waals surface area contributed by atoms with Crippen LogP contribution < -0.4 is 0 Å². The average molecular weight is 388 g/mol. The van der Waals surface area contributed by atoms with E-state index in [1.807, 2.05) is 56.4 Å². The molecule has 0 N–H and O–H groups in total. The van der Waals surface area contributed by atoms with Gasteiger partial charge in [-0.1, -0.05) is 6.07 Å². The molecular weight excluding hydrogens is 367 g/mol. The first-order chi connectivity index (χ1) is 13.8. The predicted molar refractivity (Wildman–Crippen MR) is 108 cm³/mol. The van der Waals surface area contributed by atoms with Gasteiger partial charge < -0.3 is 0 Å². The van der Waals surface area contributed by atoms with Crippen LogP contribution in [0.15, 0.2) is 55.0 Å². The molecule has 146 valence electrons. The lowest BCUT2D eigenvalue weighted by atomic mass is 9.85. The zero-order valence-corrected chi connectivity index (χ0v) is 16.8. The van der Waals surface area contributed by atoms with Crippen LogP contribution in [0.1, 0.15) is 36.6 Å². The molecular formula is C22H21FN6. The van der Waals surface area contributed by atoms with Crippen LogP contribution >= 0.6 is 0 Å². The van der Waals surface area contributed by atoms with Gasteiger partial charge in [0.15, 0.2) is 0 Å². The summed E-state index contributed by atoms with van der Waals surface area (Å²) in [6.07, 6.45) is 3.86. The Bertz CT molecular complexity index is 1140. The molecule has 6 nitrogen and oxygen atoms in total.